The minimum Gasteiger partial charge on any atom is -1.00 e. The van der Waals surface area contributed by atoms with Gasteiger partial charge in [0.05, 0.1) is 6.54 Å². The molecule has 0 radical (unpaired) electrons. The van der Waals surface area contributed by atoms with E-state index in [0.29, 0.717) is 10.3 Å². The molecular weight excluding hydrogens is 491 g/mol. The fourth-order valence-electron chi connectivity index (χ4n) is 4.23. The summed E-state index contributed by atoms with van der Waals surface area (Å²) in [5.74, 6) is 0. The summed E-state index contributed by atoms with van der Waals surface area (Å²) in [6.45, 7) is 5.36. The summed E-state index contributed by atoms with van der Waals surface area (Å²) in [5.41, 5.74) is 2.42. The Balaban J connectivity index is 0.00000341. The molecule has 0 saturated heterocycles. The highest BCUT2D eigenvalue weighted by Crippen LogP contribution is 2.31. The summed E-state index contributed by atoms with van der Waals surface area (Å²) < 4.78 is 4.17. The topological polar surface area (TPSA) is 8.81 Å². The normalized spacial score (nSPS) is 11.1. The van der Waals surface area contributed by atoms with Crippen LogP contribution >= 0.6 is 23.2 Å². The Bertz CT molecular complexity index is 952. The van der Waals surface area contributed by atoms with Gasteiger partial charge in [0, 0.05) is 5.39 Å². The fraction of sp³-hybridized carbons (Fsp3) is 0.500. The number of aromatic nitrogens is 2. The molecule has 0 N–H and O–H groups in total. The standard InChI is InChI=1S/C26H35Cl2N2.BrH/c1-3-5-6-7-8-9-10-11-14-19-29-20-30(26(28)25(29)27)24-21(4-2)17-18-22-15-12-13-16-23(22)24;/h12-13,15-18,20H,3-11,14,19H2,1-2H3;1H/q+1;/p-1. The molecule has 2 nitrogen and oxygen atoms in total. The summed E-state index contributed by atoms with van der Waals surface area (Å²) in [6.07, 6.45) is 14.9. The van der Waals surface area contributed by atoms with Crippen molar-refractivity contribution in [2.75, 3.05) is 0 Å². The van der Waals surface area contributed by atoms with Gasteiger partial charge in [0.1, 0.15) is 5.69 Å². The third-order valence-corrected chi connectivity index (χ3v) is 6.85. The summed E-state index contributed by atoms with van der Waals surface area (Å²) in [4.78, 5) is 0. The van der Waals surface area contributed by atoms with Crippen LogP contribution in [-0.4, -0.2) is 4.57 Å². The molecule has 0 aliphatic carbocycles. The van der Waals surface area contributed by atoms with Gasteiger partial charge in [-0.2, -0.15) is 4.57 Å². The molecule has 0 amide bonds. The largest absolute Gasteiger partial charge is 1.00 e. The average Bonchev–Trinajstić information content (AvgIpc) is 3.05. The summed E-state index contributed by atoms with van der Waals surface area (Å²) >= 11 is 13.3. The van der Waals surface area contributed by atoms with Crippen molar-refractivity contribution in [2.45, 2.75) is 84.6 Å². The van der Waals surface area contributed by atoms with E-state index in [9.17, 15) is 0 Å². The number of halogens is 3. The highest BCUT2D eigenvalue weighted by Gasteiger charge is 2.24. The number of imidazole rings is 1. The van der Waals surface area contributed by atoms with Gasteiger partial charge in [-0.25, -0.2) is 4.57 Å². The Morgan fingerprint density at radius 2 is 1.45 bits per heavy atom. The van der Waals surface area contributed by atoms with E-state index in [2.05, 4.69) is 65.7 Å². The Labute approximate surface area is 208 Å². The van der Waals surface area contributed by atoms with Crippen LogP contribution < -0.4 is 21.5 Å². The van der Waals surface area contributed by atoms with Crippen molar-refractivity contribution in [1.82, 2.24) is 4.57 Å². The molecule has 1 aromatic heterocycles. The van der Waals surface area contributed by atoms with Gasteiger partial charge >= 0.3 is 0 Å². The van der Waals surface area contributed by atoms with Crippen LogP contribution in [0.25, 0.3) is 16.5 Å². The second kappa shape index (κ2) is 13.5. The van der Waals surface area contributed by atoms with Gasteiger partial charge in [-0.3, -0.25) is 0 Å². The first-order chi connectivity index (χ1) is 14.7. The van der Waals surface area contributed by atoms with Crippen LogP contribution in [0.3, 0.4) is 0 Å². The lowest BCUT2D eigenvalue weighted by Gasteiger charge is -2.09. The van der Waals surface area contributed by atoms with Crippen LogP contribution in [0.2, 0.25) is 10.3 Å². The minimum absolute atomic E-state index is 0. The van der Waals surface area contributed by atoms with Crippen molar-refractivity contribution in [3.63, 3.8) is 0 Å². The molecule has 5 heteroatoms. The average molecular weight is 526 g/mol. The van der Waals surface area contributed by atoms with Crippen molar-refractivity contribution in [1.29, 1.82) is 0 Å². The molecule has 0 saturated carbocycles. The molecule has 0 spiro atoms. The van der Waals surface area contributed by atoms with E-state index in [0.717, 1.165) is 25.1 Å². The molecule has 2 aromatic carbocycles. The van der Waals surface area contributed by atoms with Crippen LogP contribution in [-0.2, 0) is 13.0 Å². The molecule has 0 bridgehead atoms. The van der Waals surface area contributed by atoms with Gasteiger partial charge < -0.3 is 17.0 Å². The van der Waals surface area contributed by atoms with Crippen molar-refractivity contribution < 1.29 is 21.5 Å². The van der Waals surface area contributed by atoms with Crippen molar-refractivity contribution in [3.8, 4) is 5.69 Å². The quantitative estimate of drug-likeness (QED) is 0.223. The third kappa shape index (κ3) is 6.73. The first-order valence-electron chi connectivity index (χ1n) is 11.6. The lowest BCUT2D eigenvalue weighted by Crippen LogP contribution is -3.00. The number of unbranched alkanes of at least 4 members (excludes halogenated alkanes) is 8. The van der Waals surface area contributed by atoms with E-state index in [1.165, 1.54) is 67.7 Å². The summed E-state index contributed by atoms with van der Waals surface area (Å²) in [5, 5.41) is 3.65. The number of fused-ring (bicyclic) bond motifs is 1. The van der Waals surface area contributed by atoms with Gasteiger partial charge in [-0.1, -0.05) is 95.2 Å². The van der Waals surface area contributed by atoms with E-state index >= 15 is 0 Å². The van der Waals surface area contributed by atoms with E-state index in [1.807, 2.05) is 0 Å². The Morgan fingerprint density at radius 3 is 2.13 bits per heavy atom. The maximum absolute atomic E-state index is 6.71. The molecule has 0 atom stereocenters. The van der Waals surface area contributed by atoms with E-state index < -0.39 is 0 Å². The van der Waals surface area contributed by atoms with Crippen LogP contribution in [0.4, 0.5) is 0 Å². The Kier molecular flexibility index (Phi) is 11.4. The second-order valence-corrected chi connectivity index (χ2v) is 8.95. The van der Waals surface area contributed by atoms with Gasteiger partial charge in [-0.05, 0) is 53.4 Å². The number of nitrogens with zero attached hydrogens (tertiary/aromatic N) is 2. The van der Waals surface area contributed by atoms with Gasteiger partial charge in [0.15, 0.2) is 0 Å². The van der Waals surface area contributed by atoms with Crippen LogP contribution in [0.1, 0.15) is 77.2 Å². The molecule has 31 heavy (non-hydrogen) atoms. The Hall–Kier alpha value is -1.03. The lowest BCUT2D eigenvalue weighted by atomic mass is 10.0. The number of benzene rings is 2. The second-order valence-electron chi connectivity index (χ2n) is 8.24. The number of hydrogen-bond donors (Lipinski definition) is 0. The first-order valence-corrected chi connectivity index (χ1v) is 12.4. The van der Waals surface area contributed by atoms with Crippen molar-refractivity contribution >= 4 is 34.0 Å². The molecular formula is C26H35BrCl2N2. The maximum atomic E-state index is 6.71. The van der Waals surface area contributed by atoms with Crippen molar-refractivity contribution in [3.05, 3.63) is 58.6 Å². The minimum atomic E-state index is 0. The molecule has 0 aliphatic heterocycles. The number of aryl methyl sites for hydroxylation is 2. The van der Waals surface area contributed by atoms with Crippen molar-refractivity contribution in [2.24, 2.45) is 0 Å². The van der Waals surface area contributed by atoms with Crippen LogP contribution in [0.15, 0.2) is 42.7 Å². The maximum Gasteiger partial charge on any atom is 0.260 e. The third-order valence-electron chi connectivity index (χ3n) is 6.00. The summed E-state index contributed by atoms with van der Waals surface area (Å²) in [6, 6.07) is 12.9. The molecule has 0 aliphatic rings. The molecule has 0 unspecified atom stereocenters. The lowest BCUT2D eigenvalue weighted by molar-refractivity contribution is -0.694. The zero-order valence-corrected chi connectivity index (χ0v) is 21.9. The Morgan fingerprint density at radius 1 is 0.806 bits per heavy atom. The molecule has 0 fully saturated rings. The van der Waals surface area contributed by atoms with E-state index in [-0.39, 0.29) is 17.0 Å². The monoisotopic (exact) mass is 524 g/mol. The van der Waals surface area contributed by atoms with Crippen LogP contribution in [0.5, 0.6) is 0 Å². The van der Waals surface area contributed by atoms with E-state index in [4.69, 9.17) is 23.2 Å². The summed E-state index contributed by atoms with van der Waals surface area (Å²) in [7, 11) is 0. The number of rotatable bonds is 12. The van der Waals surface area contributed by atoms with Crippen LogP contribution in [0, 0.1) is 0 Å². The predicted octanol–water partition coefficient (Wildman–Crippen LogP) is 5.32. The molecule has 1 heterocycles. The molecule has 3 aromatic rings. The molecule has 3 rings (SSSR count). The zero-order chi connectivity index (χ0) is 21.3. The predicted molar refractivity (Wildman–Crippen MR) is 130 cm³/mol. The highest BCUT2D eigenvalue weighted by molar-refractivity contribution is 6.40. The SMILES string of the molecule is CCCCCCCCCCC[n+]1cn(-c2c(CC)ccc3ccccc23)c(Cl)c1Cl.[Br-]. The van der Waals surface area contributed by atoms with Gasteiger partial charge in [0.2, 0.25) is 0 Å². The van der Waals surface area contributed by atoms with Gasteiger partial charge in [0.25, 0.3) is 16.6 Å². The number of hydrogen-bond acceptors (Lipinski definition) is 0. The van der Waals surface area contributed by atoms with Gasteiger partial charge in [-0.15, -0.1) is 0 Å². The smallest absolute Gasteiger partial charge is 0.260 e. The first kappa shape index (κ1) is 26.2. The van der Waals surface area contributed by atoms with E-state index in [1.54, 1.807) is 0 Å². The zero-order valence-electron chi connectivity index (χ0n) is 18.8. The highest BCUT2D eigenvalue weighted by atomic mass is 79.9. The molecule has 170 valence electrons. The fourth-order valence-corrected chi connectivity index (χ4v) is 4.69.